The van der Waals surface area contributed by atoms with Crippen LogP contribution in [0.5, 0.6) is 0 Å². The Balaban J connectivity index is 2.37. The van der Waals surface area contributed by atoms with Crippen molar-refractivity contribution in [3.8, 4) is 0 Å². The van der Waals surface area contributed by atoms with Crippen LogP contribution in [0.2, 0.25) is 0 Å². The summed E-state index contributed by atoms with van der Waals surface area (Å²) in [5.74, 6) is -0.172. The Morgan fingerprint density at radius 3 is 3.00 bits per heavy atom. The summed E-state index contributed by atoms with van der Waals surface area (Å²) < 4.78 is 0. The van der Waals surface area contributed by atoms with Crippen molar-refractivity contribution < 1.29 is 9.59 Å². The minimum atomic E-state index is -0.430. The smallest absolute Gasteiger partial charge is 0.239 e. The second kappa shape index (κ2) is 7.27. The largest absolute Gasteiger partial charge is 0.355 e. The van der Waals surface area contributed by atoms with Crippen molar-refractivity contribution in [1.29, 1.82) is 0 Å². The van der Waals surface area contributed by atoms with E-state index in [-0.39, 0.29) is 18.4 Å². The Bertz CT molecular complexity index is 268. The van der Waals surface area contributed by atoms with Gasteiger partial charge in [0.2, 0.25) is 11.8 Å². The number of nitrogens with two attached hydrogens (primary N) is 1. The van der Waals surface area contributed by atoms with Crippen LogP contribution in [0.1, 0.15) is 39.0 Å². The SMILES string of the molecule is CCCCNC(=O)CN1CCCC[C@H](N)C1=O. The molecule has 0 aromatic rings. The maximum absolute atomic E-state index is 11.8. The highest BCUT2D eigenvalue weighted by Crippen LogP contribution is 2.10. The van der Waals surface area contributed by atoms with Crippen LogP contribution < -0.4 is 11.1 Å². The highest BCUT2D eigenvalue weighted by atomic mass is 16.2. The molecule has 2 amide bonds. The molecule has 1 fully saturated rings. The van der Waals surface area contributed by atoms with Gasteiger partial charge in [0, 0.05) is 13.1 Å². The molecule has 98 valence electrons. The first kappa shape index (κ1) is 14.0. The van der Waals surface area contributed by atoms with E-state index < -0.39 is 6.04 Å². The van der Waals surface area contributed by atoms with E-state index in [1.807, 2.05) is 0 Å². The summed E-state index contributed by atoms with van der Waals surface area (Å²) in [6, 6.07) is -0.430. The lowest BCUT2D eigenvalue weighted by Crippen LogP contribution is -2.46. The van der Waals surface area contributed by atoms with E-state index in [0.29, 0.717) is 13.1 Å². The predicted octanol–water partition coefficient (Wildman–Crippen LogP) is 0.243. The number of rotatable bonds is 5. The maximum Gasteiger partial charge on any atom is 0.239 e. The molecule has 0 aromatic carbocycles. The van der Waals surface area contributed by atoms with Gasteiger partial charge in [-0.2, -0.15) is 0 Å². The van der Waals surface area contributed by atoms with Crippen molar-refractivity contribution in [3.63, 3.8) is 0 Å². The van der Waals surface area contributed by atoms with E-state index in [0.717, 1.165) is 32.1 Å². The van der Waals surface area contributed by atoms with Gasteiger partial charge in [0.05, 0.1) is 12.6 Å². The average Bonchev–Trinajstić information content (AvgIpc) is 2.45. The number of nitrogens with zero attached hydrogens (tertiary/aromatic N) is 1. The molecular weight excluding hydrogens is 218 g/mol. The molecular formula is C12H23N3O2. The summed E-state index contributed by atoms with van der Waals surface area (Å²) >= 11 is 0. The monoisotopic (exact) mass is 241 g/mol. The number of nitrogens with one attached hydrogen (secondary N) is 1. The van der Waals surface area contributed by atoms with Crippen LogP contribution in [-0.2, 0) is 9.59 Å². The van der Waals surface area contributed by atoms with Crippen molar-refractivity contribution in [3.05, 3.63) is 0 Å². The first-order valence-electron chi connectivity index (χ1n) is 6.46. The first-order chi connectivity index (χ1) is 8.15. The number of likely N-dealkylation sites (tertiary alicyclic amines) is 1. The number of unbranched alkanes of at least 4 members (excludes halogenated alkanes) is 1. The molecule has 1 atom stereocenters. The van der Waals surface area contributed by atoms with Gasteiger partial charge in [-0.25, -0.2) is 0 Å². The lowest BCUT2D eigenvalue weighted by Gasteiger charge is -2.21. The van der Waals surface area contributed by atoms with Crippen LogP contribution in [0, 0.1) is 0 Å². The van der Waals surface area contributed by atoms with Gasteiger partial charge >= 0.3 is 0 Å². The first-order valence-corrected chi connectivity index (χ1v) is 6.46. The van der Waals surface area contributed by atoms with Crippen LogP contribution in [0.15, 0.2) is 0 Å². The van der Waals surface area contributed by atoms with Gasteiger partial charge in [-0.3, -0.25) is 9.59 Å². The average molecular weight is 241 g/mol. The fourth-order valence-corrected chi connectivity index (χ4v) is 1.93. The van der Waals surface area contributed by atoms with Gasteiger partial charge < -0.3 is 16.0 Å². The number of amides is 2. The lowest BCUT2D eigenvalue weighted by molar-refractivity contribution is -0.136. The zero-order chi connectivity index (χ0) is 12.7. The molecule has 1 aliphatic rings. The van der Waals surface area contributed by atoms with Crippen LogP contribution in [-0.4, -0.2) is 42.4 Å². The Hall–Kier alpha value is -1.10. The molecule has 1 saturated heterocycles. The van der Waals surface area contributed by atoms with Crippen LogP contribution in [0.4, 0.5) is 0 Å². The minimum absolute atomic E-state index is 0.0825. The third-order valence-electron chi connectivity index (χ3n) is 3.01. The Labute approximate surface area is 103 Å². The zero-order valence-corrected chi connectivity index (χ0v) is 10.6. The second-order valence-electron chi connectivity index (χ2n) is 4.57. The van der Waals surface area contributed by atoms with Crippen molar-refractivity contribution >= 4 is 11.8 Å². The third kappa shape index (κ3) is 4.73. The van der Waals surface area contributed by atoms with Crippen molar-refractivity contribution in [2.24, 2.45) is 5.73 Å². The molecule has 0 bridgehead atoms. The highest BCUT2D eigenvalue weighted by Gasteiger charge is 2.25. The van der Waals surface area contributed by atoms with E-state index in [2.05, 4.69) is 12.2 Å². The summed E-state index contributed by atoms with van der Waals surface area (Å²) in [6.07, 6.45) is 4.64. The fourth-order valence-electron chi connectivity index (χ4n) is 1.93. The molecule has 3 N–H and O–H groups in total. The Morgan fingerprint density at radius 2 is 2.29 bits per heavy atom. The molecule has 5 heteroatoms. The molecule has 1 rings (SSSR count). The van der Waals surface area contributed by atoms with E-state index in [9.17, 15) is 9.59 Å². The van der Waals surface area contributed by atoms with E-state index >= 15 is 0 Å². The van der Waals surface area contributed by atoms with Gasteiger partial charge in [-0.1, -0.05) is 13.3 Å². The zero-order valence-electron chi connectivity index (χ0n) is 10.6. The minimum Gasteiger partial charge on any atom is -0.355 e. The normalized spacial score (nSPS) is 21.2. The van der Waals surface area contributed by atoms with Gasteiger partial charge in [0.15, 0.2) is 0 Å². The number of carbonyl (C=O) groups is 2. The molecule has 0 radical (unpaired) electrons. The molecule has 0 aromatic heterocycles. The van der Waals surface area contributed by atoms with Crippen LogP contribution >= 0.6 is 0 Å². The topological polar surface area (TPSA) is 75.4 Å². The Morgan fingerprint density at radius 1 is 1.53 bits per heavy atom. The van der Waals surface area contributed by atoms with Gasteiger partial charge in [0.1, 0.15) is 0 Å². The van der Waals surface area contributed by atoms with Gasteiger partial charge in [-0.15, -0.1) is 0 Å². The summed E-state index contributed by atoms with van der Waals surface area (Å²) in [5.41, 5.74) is 5.74. The highest BCUT2D eigenvalue weighted by molar-refractivity contribution is 5.87. The Kier molecular flexibility index (Phi) is 5.97. The molecule has 0 unspecified atom stereocenters. The van der Waals surface area contributed by atoms with Gasteiger partial charge in [-0.05, 0) is 25.7 Å². The van der Waals surface area contributed by atoms with Crippen molar-refractivity contribution in [2.75, 3.05) is 19.6 Å². The molecule has 0 spiro atoms. The standard InChI is InChI=1S/C12H23N3O2/c1-2-3-7-14-11(16)9-15-8-5-4-6-10(13)12(15)17/h10H,2-9,13H2,1H3,(H,14,16)/t10-/m0/s1. The molecule has 5 nitrogen and oxygen atoms in total. The van der Waals surface area contributed by atoms with E-state index in [4.69, 9.17) is 5.73 Å². The number of hydrogen-bond donors (Lipinski definition) is 2. The fraction of sp³-hybridized carbons (Fsp3) is 0.833. The summed E-state index contributed by atoms with van der Waals surface area (Å²) in [7, 11) is 0. The predicted molar refractivity (Wildman–Crippen MR) is 66.3 cm³/mol. The maximum atomic E-state index is 11.8. The van der Waals surface area contributed by atoms with Crippen LogP contribution in [0.3, 0.4) is 0 Å². The molecule has 0 saturated carbocycles. The molecule has 17 heavy (non-hydrogen) atoms. The van der Waals surface area contributed by atoms with Crippen molar-refractivity contribution in [2.45, 2.75) is 45.1 Å². The third-order valence-corrected chi connectivity index (χ3v) is 3.01. The molecule has 0 aliphatic carbocycles. The lowest BCUT2D eigenvalue weighted by atomic mass is 10.1. The van der Waals surface area contributed by atoms with Crippen LogP contribution in [0.25, 0.3) is 0 Å². The summed E-state index contributed by atoms with van der Waals surface area (Å²) in [5, 5.41) is 2.81. The van der Waals surface area contributed by atoms with E-state index in [1.54, 1.807) is 4.90 Å². The summed E-state index contributed by atoms with van der Waals surface area (Å²) in [4.78, 5) is 25.0. The molecule has 1 heterocycles. The second-order valence-corrected chi connectivity index (χ2v) is 4.57. The molecule has 1 aliphatic heterocycles. The quantitative estimate of drug-likeness (QED) is 0.677. The number of carbonyl (C=O) groups excluding carboxylic acids is 2. The van der Waals surface area contributed by atoms with Gasteiger partial charge in [0.25, 0.3) is 0 Å². The van der Waals surface area contributed by atoms with E-state index in [1.165, 1.54) is 0 Å². The summed E-state index contributed by atoms with van der Waals surface area (Å²) in [6.45, 7) is 3.55. The number of hydrogen-bond acceptors (Lipinski definition) is 3. The van der Waals surface area contributed by atoms with Crippen molar-refractivity contribution in [1.82, 2.24) is 10.2 Å².